The summed E-state index contributed by atoms with van der Waals surface area (Å²) >= 11 is 0. The topological polar surface area (TPSA) is 55.8 Å². The van der Waals surface area contributed by atoms with Gasteiger partial charge < -0.3 is 20.4 Å². The Labute approximate surface area is 172 Å². The van der Waals surface area contributed by atoms with Crippen molar-refractivity contribution in [3.8, 4) is 0 Å². The third kappa shape index (κ3) is 5.59. The molecule has 3 rings (SSSR count). The van der Waals surface area contributed by atoms with Gasteiger partial charge in [0, 0.05) is 46.0 Å². The molecular formula is C22H31FN6. The maximum absolute atomic E-state index is 13.4. The lowest BCUT2D eigenvalue weighted by atomic mass is 10.0. The zero-order valence-electron chi connectivity index (χ0n) is 17.7. The number of piperidine rings is 1. The fourth-order valence-electron chi connectivity index (χ4n) is 3.66. The van der Waals surface area contributed by atoms with Gasteiger partial charge >= 0.3 is 0 Å². The summed E-state index contributed by atoms with van der Waals surface area (Å²) in [6.45, 7) is 4.42. The van der Waals surface area contributed by atoms with Gasteiger partial charge in [0.05, 0.1) is 12.2 Å². The number of nitrogens with zero attached hydrogens (tertiary/aromatic N) is 4. The zero-order chi connectivity index (χ0) is 20.8. The number of aryl methyl sites for hydroxylation is 1. The van der Waals surface area contributed by atoms with Crippen LogP contribution in [-0.2, 0) is 6.54 Å². The smallest absolute Gasteiger partial charge is 0.191 e. The number of aliphatic imine (C=N–C) groups is 1. The van der Waals surface area contributed by atoms with Crippen LogP contribution >= 0.6 is 0 Å². The predicted octanol–water partition coefficient (Wildman–Crippen LogP) is 2.93. The first-order valence-corrected chi connectivity index (χ1v) is 10.1. The lowest BCUT2D eigenvalue weighted by Gasteiger charge is -2.36. The van der Waals surface area contributed by atoms with Crippen molar-refractivity contribution in [2.45, 2.75) is 32.4 Å². The van der Waals surface area contributed by atoms with E-state index >= 15 is 0 Å². The van der Waals surface area contributed by atoms with Gasteiger partial charge in [0.15, 0.2) is 5.96 Å². The van der Waals surface area contributed by atoms with Crippen LogP contribution in [0.2, 0.25) is 0 Å². The number of nitrogens with one attached hydrogen (secondary N) is 2. The number of aromatic nitrogens is 1. The summed E-state index contributed by atoms with van der Waals surface area (Å²) < 4.78 is 13.4. The first kappa shape index (κ1) is 20.9. The van der Waals surface area contributed by atoms with Crippen LogP contribution in [-0.4, -0.2) is 51.2 Å². The number of pyridine rings is 1. The van der Waals surface area contributed by atoms with Crippen LogP contribution in [0.3, 0.4) is 0 Å². The summed E-state index contributed by atoms with van der Waals surface area (Å²) in [5.41, 5.74) is 3.04. The Kier molecular flexibility index (Phi) is 6.90. The standard InChI is InChI=1S/C22H31FN6/c1-16-13-17(23)10-11-20(16)29-12-6-8-19(15-29)27-22(24-2)25-14-18-7-5-9-21(26-18)28(3)4/h5,7,9-11,13,19H,6,8,12,14-15H2,1-4H3,(H2,24,25,27). The normalized spacial score (nSPS) is 17.2. The molecule has 6 nitrogen and oxygen atoms in total. The first-order chi connectivity index (χ1) is 14.0. The van der Waals surface area contributed by atoms with Gasteiger partial charge in [-0.15, -0.1) is 0 Å². The SMILES string of the molecule is CN=C(NCc1cccc(N(C)C)n1)NC1CCCN(c2ccc(F)cc2C)C1. The first-order valence-electron chi connectivity index (χ1n) is 10.1. The Bertz CT molecular complexity index is 851. The largest absolute Gasteiger partial charge is 0.369 e. The van der Waals surface area contributed by atoms with Crippen LogP contribution in [0.15, 0.2) is 41.4 Å². The Balaban J connectivity index is 1.58. The minimum absolute atomic E-state index is 0.186. The molecule has 0 bridgehead atoms. The predicted molar refractivity (Wildman–Crippen MR) is 118 cm³/mol. The van der Waals surface area contributed by atoms with E-state index in [9.17, 15) is 4.39 Å². The second-order valence-electron chi connectivity index (χ2n) is 7.67. The number of hydrogen-bond donors (Lipinski definition) is 2. The fourth-order valence-corrected chi connectivity index (χ4v) is 3.66. The summed E-state index contributed by atoms with van der Waals surface area (Å²) in [6, 6.07) is 11.3. The quantitative estimate of drug-likeness (QED) is 0.599. The van der Waals surface area contributed by atoms with Gasteiger partial charge in [-0.05, 0) is 55.7 Å². The van der Waals surface area contributed by atoms with Crippen molar-refractivity contribution in [1.82, 2.24) is 15.6 Å². The number of anilines is 2. The second kappa shape index (κ2) is 9.58. The second-order valence-corrected chi connectivity index (χ2v) is 7.67. The third-order valence-electron chi connectivity index (χ3n) is 5.17. The molecule has 1 fully saturated rings. The molecule has 0 spiro atoms. The average molecular weight is 399 g/mol. The van der Waals surface area contributed by atoms with Crippen molar-refractivity contribution < 1.29 is 4.39 Å². The molecule has 1 unspecified atom stereocenters. The molecule has 2 N–H and O–H groups in total. The van der Waals surface area contributed by atoms with E-state index in [4.69, 9.17) is 0 Å². The van der Waals surface area contributed by atoms with E-state index in [0.717, 1.165) is 54.7 Å². The van der Waals surface area contributed by atoms with E-state index in [1.54, 1.807) is 13.1 Å². The summed E-state index contributed by atoms with van der Waals surface area (Å²) in [5, 5.41) is 6.89. The van der Waals surface area contributed by atoms with E-state index in [2.05, 4.69) is 25.5 Å². The van der Waals surface area contributed by atoms with Crippen LogP contribution in [0.4, 0.5) is 15.9 Å². The highest BCUT2D eigenvalue weighted by atomic mass is 19.1. The number of benzene rings is 1. The van der Waals surface area contributed by atoms with Crippen LogP contribution in [0.25, 0.3) is 0 Å². The Morgan fingerprint density at radius 3 is 2.86 bits per heavy atom. The van der Waals surface area contributed by atoms with E-state index in [1.165, 1.54) is 6.07 Å². The molecule has 0 saturated carbocycles. The summed E-state index contributed by atoms with van der Waals surface area (Å²) in [5.74, 6) is 1.52. The van der Waals surface area contributed by atoms with Gasteiger partial charge in [0.1, 0.15) is 11.6 Å². The van der Waals surface area contributed by atoms with Gasteiger partial charge in [0.25, 0.3) is 0 Å². The third-order valence-corrected chi connectivity index (χ3v) is 5.17. The lowest BCUT2D eigenvalue weighted by Crippen LogP contribution is -2.51. The highest BCUT2D eigenvalue weighted by molar-refractivity contribution is 5.80. The summed E-state index contributed by atoms with van der Waals surface area (Å²) in [4.78, 5) is 13.3. The minimum Gasteiger partial charge on any atom is -0.369 e. The fraction of sp³-hybridized carbons (Fsp3) is 0.455. The molecule has 0 aliphatic carbocycles. The van der Waals surface area contributed by atoms with Gasteiger partial charge in [-0.1, -0.05) is 6.07 Å². The molecule has 7 heteroatoms. The van der Waals surface area contributed by atoms with E-state index in [0.29, 0.717) is 6.54 Å². The molecule has 29 heavy (non-hydrogen) atoms. The summed E-state index contributed by atoms with van der Waals surface area (Å²) in [7, 11) is 5.75. The van der Waals surface area contributed by atoms with Crippen molar-refractivity contribution in [2.24, 2.45) is 4.99 Å². The Morgan fingerprint density at radius 2 is 2.14 bits per heavy atom. The van der Waals surface area contributed by atoms with Gasteiger partial charge in [-0.25, -0.2) is 9.37 Å². The highest BCUT2D eigenvalue weighted by Gasteiger charge is 2.22. The molecule has 1 aromatic carbocycles. The molecule has 0 radical (unpaired) electrons. The number of rotatable bonds is 5. The number of guanidine groups is 1. The summed E-state index contributed by atoms with van der Waals surface area (Å²) in [6.07, 6.45) is 2.16. The maximum Gasteiger partial charge on any atom is 0.191 e. The van der Waals surface area contributed by atoms with Crippen molar-refractivity contribution in [3.05, 3.63) is 53.5 Å². The van der Waals surface area contributed by atoms with Gasteiger partial charge in [-0.3, -0.25) is 4.99 Å². The zero-order valence-corrected chi connectivity index (χ0v) is 17.7. The maximum atomic E-state index is 13.4. The molecule has 2 aromatic rings. The van der Waals surface area contributed by atoms with E-state index < -0.39 is 0 Å². The molecule has 156 valence electrons. The van der Waals surface area contributed by atoms with Crippen molar-refractivity contribution in [2.75, 3.05) is 44.0 Å². The molecule has 0 amide bonds. The molecular weight excluding hydrogens is 367 g/mol. The molecule has 1 aromatic heterocycles. The van der Waals surface area contributed by atoms with Crippen LogP contribution < -0.4 is 20.4 Å². The minimum atomic E-state index is -0.186. The van der Waals surface area contributed by atoms with Gasteiger partial charge in [-0.2, -0.15) is 0 Å². The molecule has 1 saturated heterocycles. The molecule has 1 aliphatic heterocycles. The van der Waals surface area contributed by atoms with Crippen LogP contribution in [0.5, 0.6) is 0 Å². The monoisotopic (exact) mass is 398 g/mol. The Morgan fingerprint density at radius 1 is 1.31 bits per heavy atom. The number of halogens is 1. The van der Waals surface area contributed by atoms with Crippen molar-refractivity contribution >= 4 is 17.5 Å². The molecule has 1 atom stereocenters. The van der Waals surface area contributed by atoms with Crippen LogP contribution in [0, 0.1) is 12.7 Å². The van der Waals surface area contributed by atoms with Crippen molar-refractivity contribution in [3.63, 3.8) is 0 Å². The molecule has 2 heterocycles. The van der Waals surface area contributed by atoms with Crippen LogP contribution in [0.1, 0.15) is 24.1 Å². The van der Waals surface area contributed by atoms with E-state index in [1.807, 2.05) is 50.2 Å². The highest BCUT2D eigenvalue weighted by Crippen LogP contribution is 2.24. The van der Waals surface area contributed by atoms with Crippen molar-refractivity contribution in [1.29, 1.82) is 0 Å². The van der Waals surface area contributed by atoms with E-state index in [-0.39, 0.29) is 11.9 Å². The average Bonchev–Trinajstić information content (AvgIpc) is 2.71. The van der Waals surface area contributed by atoms with Gasteiger partial charge in [0.2, 0.25) is 0 Å². The Hall–Kier alpha value is -2.83. The number of hydrogen-bond acceptors (Lipinski definition) is 4. The lowest BCUT2D eigenvalue weighted by molar-refractivity contribution is 0.467. The molecule has 1 aliphatic rings.